The van der Waals surface area contributed by atoms with Gasteiger partial charge in [0.15, 0.2) is 0 Å². The number of carbonyl (C=O) groups is 1. The van der Waals surface area contributed by atoms with Crippen molar-refractivity contribution in [1.82, 2.24) is 0 Å². The summed E-state index contributed by atoms with van der Waals surface area (Å²) in [5.74, 6) is -1.05. The molecule has 2 rings (SSSR count). The van der Waals surface area contributed by atoms with E-state index in [1.54, 1.807) is 18.2 Å². The fourth-order valence-corrected chi connectivity index (χ4v) is 3.94. The topological polar surface area (TPSA) is 29.1 Å². The molecule has 0 aromatic heterocycles. The first-order chi connectivity index (χ1) is 8.99. The number of amides is 1. The van der Waals surface area contributed by atoms with Crippen molar-refractivity contribution in [1.29, 1.82) is 0 Å². The lowest BCUT2D eigenvalue weighted by Gasteiger charge is -2.10. The molecular weight excluding hydrogens is 445 g/mol. The van der Waals surface area contributed by atoms with Gasteiger partial charge in [-0.25, -0.2) is 4.39 Å². The van der Waals surface area contributed by atoms with E-state index in [0.29, 0.717) is 14.6 Å². The monoisotopic (exact) mass is 449 g/mol. The zero-order valence-corrected chi connectivity index (χ0v) is 14.1. The van der Waals surface area contributed by atoms with Crippen molar-refractivity contribution in [3.63, 3.8) is 0 Å². The summed E-state index contributed by atoms with van der Waals surface area (Å²) in [6.07, 6.45) is 0. The molecule has 2 nitrogen and oxygen atoms in total. The third-order valence-electron chi connectivity index (χ3n) is 2.36. The third-order valence-corrected chi connectivity index (χ3v) is 4.07. The van der Waals surface area contributed by atoms with Gasteiger partial charge >= 0.3 is 0 Å². The van der Waals surface area contributed by atoms with E-state index in [9.17, 15) is 9.18 Å². The van der Waals surface area contributed by atoms with Gasteiger partial charge in [0.1, 0.15) is 5.82 Å². The Labute approximate surface area is 134 Å². The van der Waals surface area contributed by atoms with Crippen LogP contribution in [0.2, 0.25) is 0 Å². The van der Waals surface area contributed by atoms with E-state index in [-0.39, 0.29) is 5.56 Å². The molecule has 0 spiro atoms. The van der Waals surface area contributed by atoms with Gasteiger partial charge in [0.2, 0.25) is 0 Å². The highest BCUT2D eigenvalue weighted by Gasteiger charge is 2.14. The van der Waals surface area contributed by atoms with Crippen LogP contribution in [0.25, 0.3) is 0 Å². The van der Waals surface area contributed by atoms with Crippen molar-refractivity contribution >= 4 is 59.4 Å². The molecule has 0 radical (unpaired) electrons. The Balaban J connectivity index is 2.32. The molecule has 0 aliphatic heterocycles. The molecule has 6 heteroatoms. The van der Waals surface area contributed by atoms with Crippen LogP contribution in [0, 0.1) is 5.82 Å². The van der Waals surface area contributed by atoms with Gasteiger partial charge in [-0.3, -0.25) is 4.79 Å². The number of rotatable bonds is 2. The van der Waals surface area contributed by atoms with E-state index in [2.05, 4.69) is 53.1 Å². The summed E-state index contributed by atoms with van der Waals surface area (Å²) in [6, 6.07) is 9.43. The predicted molar refractivity (Wildman–Crippen MR) is 83.9 cm³/mol. The van der Waals surface area contributed by atoms with Crippen LogP contribution in [0.1, 0.15) is 10.4 Å². The van der Waals surface area contributed by atoms with Crippen LogP contribution in [0.3, 0.4) is 0 Å². The van der Waals surface area contributed by atoms with Gasteiger partial charge < -0.3 is 5.32 Å². The molecule has 98 valence electrons. The number of carbonyl (C=O) groups excluding carboxylic acids is 1. The molecule has 0 unspecified atom stereocenters. The molecular formula is C13H7Br3FNO. The standard InChI is InChI=1S/C13H7Br3FNO/c14-7-5-9(15)12(10(16)6-7)18-13(19)8-3-1-2-4-11(8)17/h1-6H,(H,18,19). The highest BCUT2D eigenvalue weighted by atomic mass is 79.9. The SMILES string of the molecule is O=C(Nc1c(Br)cc(Br)cc1Br)c1ccccc1F. The summed E-state index contributed by atoms with van der Waals surface area (Å²) in [5.41, 5.74) is 0.556. The lowest BCUT2D eigenvalue weighted by molar-refractivity contribution is 0.102. The molecule has 2 aromatic carbocycles. The number of hydrogen-bond donors (Lipinski definition) is 1. The summed E-state index contributed by atoms with van der Waals surface area (Å²) in [4.78, 5) is 12.0. The van der Waals surface area contributed by atoms with Crippen molar-refractivity contribution in [2.45, 2.75) is 0 Å². The Morgan fingerprint density at radius 3 is 2.21 bits per heavy atom. The second kappa shape index (κ2) is 6.15. The number of hydrogen-bond acceptors (Lipinski definition) is 1. The van der Waals surface area contributed by atoms with Crippen molar-refractivity contribution in [2.24, 2.45) is 0 Å². The lowest BCUT2D eigenvalue weighted by atomic mass is 10.2. The maximum Gasteiger partial charge on any atom is 0.258 e. The Morgan fingerprint density at radius 2 is 1.63 bits per heavy atom. The number of benzene rings is 2. The fourth-order valence-electron chi connectivity index (χ4n) is 1.49. The Hall–Kier alpha value is -0.720. The van der Waals surface area contributed by atoms with Gasteiger partial charge in [-0.15, -0.1) is 0 Å². The molecule has 0 heterocycles. The van der Waals surface area contributed by atoms with Gasteiger partial charge in [-0.2, -0.15) is 0 Å². The largest absolute Gasteiger partial charge is 0.320 e. The molecule has 0 saturated carbocycles. The molecule has 1 N–H and O–H groups in total. The van der Waals surface area contributed by atoms with Crippen LogP contribution in [0.4, 0.5) is 10.1 Å². The van der Waals surface area contributed by atoms with Crippen molar-refractivity contribution in [2.75, 3.05) is 5.32 Å². The van der Waals surface area contributed by atoms with Gasteiger partial charge in [0.05, 0.1) is 11.3 Å². The molecule has 19 heavy (non-hydrogen) atoms. The maximum atomic E-state index is 13.5. The van der Waals surface area contributed by atoms with E-state index in [0.717, 1.165) is 4.47 Å². The van der Waals surface area contributed by atoms with E-state index < -0.39 is 11.7 Å². The average Bonchev–Trinajstić information content (AvgIpc) is 2.34. The van der Waals surface area contributed by atoms with Gasteiger partial charge in [0.25, 0.3) is 5.91 Å². The molecule has 1 amide bonds. The molecule has 0 aliphatic carbocycles. The minimum atomic E-state index is -0.552. The summed E-state index contributed by atoms with van der Waals surface area (Å²) in [6.45, 7) is 0. The summed E-state index contributed by atoms with van der Waals surface area (Å²) >= 11 is 10.0. The smallest absolute Gasteiger partial charge is 0.258 e. The summed E-state index contributed by atoms with van der Waals surface area (Å²) in [7, 11) is 0. The van der Waals surface area contributed by atoms with Crippen LogP contribution in [-0.4, -0.2) is 5.91 Å². The number of halogens is 4. The fraction of sp³-hybridized carbons (Fsp3) is 0. The normalized spacial score (nSPS) is 10.3. The molecule has 0 atom stereocenters. The lowest BCUT2D eigenvalue weighted by Crippen LogP contribution is -2.14. The maximum absolute atomic E-state index is 13.5. The zero-order chi connectivity index (χ0) is 14.0. The van der Waals surface area contributed by atoms with Crippen LogP contribution in [0.15, 0.2) is 49.8 Å². The van der Waals surface area contributed by atoms with Crippen LogP contribution < -0.4 is 5.32 Å². The van der Waals surface area contributed by atoms with Crippen LogP contribution >= 0.6 is 47.8 Å². The number of nitrogens with one attached hydrogen (secondary N) is 1. The number of anilines is 1. The second-order valence-corrected chi connectivity index (χ2v) is 6.30. The minimum Gasteiger partial charge on any atom is -0.320 e. The van der Waals surface area contributed by atoms with Crippen LogP contribution in [0.5, 0.6) is 0 Å². The molecule has 0 bridgehead atoms. The Morgan fingerprint density at radius 1 is 1.05 bits per heavy atom. The van der Waals surface area contributed by atoms with Crippen molar-refractivity contribution < 1.29 is 9.18 Å². The third kappa shape index (κ3) is 3.43. The van der Waals surface area contributed by atoms with Gasteiger partial charge in [0, 0.05) is 13.4 Å². The molecule has 0 fully saturated rings. The van der Waals surface area contributed by atoms with E-state index >= 15 is 0 Å². The summed E-state index contributed by atoms with van der Waals surface area (Å²) in [5, 5.41) is 2.67. The van der Waals surface area contributed by atoms with E-state index in [1.807, 2.05) is 0 Å². The average molecular weight is 452 g/mol. The highest BCUT2D eigenvalue weighted by Crippen LogP contribution is 2.34. The Kier molecular flexibility index (Phi) is 4.76. The van der Waals surface area contributed by atoms with Crippen LogP contribution in [-0.2, 0) is 0 Å². The first-order valence-electron chi connectivity index (χ1n) is 5.19. The van der Waals surface area contributed by atoms with E-state index in [1.165, 1.54) is 18.2 Å². The molecule has 0 saturated heterocycles. The molecule has 0 aliphatic rings. The highest BCUT2D eigenvalue weighted by molar-refractivity contribution is 9.11. The van der Waals surface area contributed by atoms with Crippen molar-refractivity contribution in [3.8, 4) is 0 Å². The first-order valence-corrected chi connectivity index (χ1v) is 7.57. The van der Waals surface area contributed by atoms with Crippen molar-refractivity contribution in [3.05, 3.63) is 61.2 Å². The van der Waals surface area contributed by atoms with Gasteiger partial charge in [-0.05, 0) is 56.1 Å². The first kappa shape index (κ1) is 14.7. The zero-order valence-electron chi connectivity index (χ0n) is 9.38. The van der Waals surface area contributed by atoms with E-state index in [4.69, 9.17) is 0 Å². The molecule has 2 aromatic rings. The predicted octanol–water partition coefficient (Wildman–Crippen LogP) is 5.37. The quantitative estimate of drug-likeness (QED) is 0.653. The van der Waals surface area contributed by atoms with Gasteiger partial charge in [-0.1, -0.05) is 28.1 Å². The Bertz CT molecular complexity index is 623. The minimum absolute atomic E-state index is 0.00391. The second-order valence-electron chi connectivity index (χ2n) is 3.68. The summed E-state index contributed by atoms with van der Waals surface area (Å²) < 4.78 is 15.8.